The van der Waals surface area contributed by atoms with Crippen LogP contribution in [0.3, 0.4) is 0 Å². The Kier molecular flexibility index (Phi) is 3.92. The molecule has 3 saturated heterocycles. The van der Waals surface area contributed by atoms with E-state index in [9.17, 15) is 9.59 Å². The van der Waals surface area contributed by atoms with Crippen LogP contribution in [0.4, 0.5) is 0 Å². The first-order valence-electron chi connectivity index (χ1n) is 8.06. The molecule has 2 atom stereocenters. The van der Waals surface area contributed by atoms with E-state index in [1.165, 1.54) is 0 Å². The molecule has 3 rings (SSSR count). The number of nitrogens with zero attached hydrogens (tertiary/aromatic N) is 2. The van der Waals surface area contributed by atoms with Gasteiger partial charge in [-0.25, -0.2) is 0 Å². The lowest BCUT2D eigenvalue weighted by molar-refractivity contribution is -0.148. The zero-order valence-electron chi connectivity index (χ0n) is 13.0. The SMILES string of the molecule is CC(C)(C(=O)N1CCCC2C(=O)NCC21)N1CCNCC1. The molecule has 0 aromatic rings. The van der Waals surface area contributed by atoms with Gasteiger partial charge in [-0.3, -0.25) is 14.5 Å². The van der Waals surface area contributed by atoms with Crippen LogP contribution in [0.15, 0.2) is 0 Å². The maximum absolute atomic E-state index is 13.1. The zero-order chi connectivity index (χ0) is 15.0. The molecule has 21 heavy (non-hydrogen) atoms. The van der Waals surface area contributed by atoms with Gasteiger partial charge in [0.15, 0.2) is 0 Å². The number of rotatable bonds is 2. The lowest BCUT2D eigenvalue weighted by atomic mass is 9.89. The van der Waals surface area contributed by atoms with E-state index < -0.39 is 5.54 Å². The number of hydrogen-bond donors (Lipinski definition) is 2. The van der Waals surface area contributed by atoms with E-state index in [1.807, 2.05) is 18.7 Å². The van der Waals surface area contributed by atoms with E-state index >= 15 is 0 Å². The molecule has 0 aromatic heterocycles. The van der Waals surface area contributed by atoms with Crippen LogP contribution >= 0.6 is 0 Å². The Balaban J connectivity index is 1.75. The Morgan fingerprint density at radius 2 is 1.95 bits per heavy atom. The third-order valence-corrected chi connectivity index (χ3v) is 5.29. The number of piperidine rings is 1. The van der Waals surface area contributed by atoms with Crippen LogP contribution in [-0.4, -0.2) is 72.5 Å². The highest BCUT2D eigenvalue weighted by Crippen LogP contribution is 2.30. The van der Waals surface area contributed by atoms with Crippen LogP contribution in [0.25, 0.3) is 0 Å². The molecule has 0 spiro atoms. The van der Waals surface area contributed by atoms with Gasteiger partial charge in [0, 0.05) is 39.3 Å². The molecule has 2 N–H and O–H groups in total. The fourth-order valence-corrected chi connectivity index (χ4v) is 3.91. The number of piperazine rings is 1. The van der Waals surface area contributed by atoms with E-state index in [-0.39, 0.29) is 23.8 Å². The van der Waals surface area contributed by atoms with Gasteiger partial charge < -0.3 is 15.5 Å². The summed E-state index contributed by atoms with van der Waals surface area (Å²) in [6.45, 7) is 9.11. The summed E-state index contributed by atoms with van der Waals surface area (Å²) in [6, 6.07) is 0.0564. The van der Waals surface area contributed by atoms with E-state index in [1.54, 1.807) is 0 Å². The lowest BCUT2D eigenvalue weighted by Crippen LogP contribution is -2.63. The average Bonchev–Trinajstić information content (AvgIpc) is 2.89. The summed E-state index contributed by atoms with van der Waals surface area (Å²) in [6.07, 6.45) is 1.84. The predicted molar refractivity (Wildman–Crippen MR) is 79.8 cm³/mol. The fraction of sp³-hybridized carbons (Fsp3) is 0.867. The molecule has 0 aromatic carbocycles. The summed E-state index contributed by atoms with van der Waals surface area (Å²) in [5, 5.41) is 6.25. The molecule has 118 valence electrons. The normalized spacial score (nSPS) is 31.0. The molecule has 6 heteroatoms. The number of carbonyl (C=O) groups is 2. The van der Waals surface area contributed by atoms with Crippen LogP contribution in [0.5, 0.6) is 0 Å². The first-order valence-corrected chi connectivity index (χ1v) is 8.06. The largest absolute Gasteiger partial charge is 0.354 e. The van der Waals surface area contributed by atoms with Gasteiger partial charge in [0.1, 0.15) is 0 Å². The second-order valence-electron chi connectivity index (χ2n) is 6.86. The minimum atomic E-state index is -0.490. The smallest absolute Gasteiger partial charge is 0.242 e. The quantitative estimate of drug-likeness (QED) is 0.714. The minimum Gasteiger partial charge on any atom is -0.354 e. The van der Waals surface area contributed by atoms with Crippen molar-refractivity contribution in [3.05, 3.63) is 0 Å². The highest BCUT2D eigenvalue weighted by atomic mass is 16.2. The molecule has 3 heterocycles. The first kappa shape index (κ1) is 14.8. The van der Waals surface area contributed by atoms with Gasteiger partial charge in [0.25, 0.3) is 0 Å². The molecule has 0 saturated carbocycles. The zero-order valence-corrected chi connectivity index (χ0v) is 13.0. The minimum absolute atomic E-state index is 0.00141. The van der Waals surface area contributed by atoms with Gasteiger partial charge >= 0.3 is 0 Å². The van der Waals surface area contributed by atoms with Crippen molar-refractivity contribution in [2.45, 2.75) is 38.3 Å². The van der Waals surface area contributed by atoms with Gasteiger partial charge in [-0.05, 0) is 26.7 Å². The summed E-state index contributed by atoms with van der Waals surface area (Å²) in [5.74, 6) is 0.301. The number of nitrogens with one attached hydrogen (secondary N) is 2. The van der Waals surface area contributed by atoms with Crippen LogP contribution in [0.1, 0.15) is 26.7 Å². The van der Waals surface area contributed by atoms with Gasteiger partial charge in [-0.1, -0.05) is 0 Å². The monoisotopic (exact) mass is 294 g/mol. The van der Waals surface area contributed by atoms with Gasteiger partial charge in [-0.2, -0.15) is 0 Å². The van der Waals surface area contributed by atoms with E-state index in [2.05, 4.69) is 15.5 Å². The molecular weight excluding hydrogens is 268 g/mol. The Morgan fingerprint density at radius 1 is 1.24 bits per heavy atom. The van der Waals surface area contributed by atoms with Crippen molar-refractivity contribution < 1.29 is 9.59 Å². The lowest BCUT2D eigenvalue weighted by Gasteiger charge is -2.45. The molecule has 0 aliphatic carbocycles. The Labute approximate surface area is 126 Å². The van der Waals surface area contributed by atoms with E-state index in [0.29, 0.717) is 6.54 Å². The number of amides is 2. The summed E-state index contributed by atoms with van der Waals surface area (Å²) in [4.78, 5) is 29.2. The standard InChI is InChI=1S/C15H26N4O2/c1-15(2,18-8-5-16-6-9-18)14(21)19-7-3-4-11-12(19)10-17-13(11)20/h11-12,16H,3-10H2,1-2H3,(H,17,20). The van der Waals surface area contributed by atoms with Gasteiger partial charge in [0.2, 0.25) is 11.8 Å². The summed E-state index contributed by atoms with van der Waals surface area (Å²) in [7, 11) is 0. The fourth-order valence-electron chi connectivity index (χ4n) is 3.91. The van der Waals surface area contributed by atoms with Crippen molar-refractivity contribution in [2.75, 3.05) is 39.3 Å². The van der Waals surface area contributed by atoms with Crippen LogP contribution in [0, 0.1) is 5.92 Å². The number of fused-ring (bicyclic) bond motifs is 1. The Morgan fingerprint density at radius 3 is 2.67 bits per heavy atom. The highest BCUT2D eigenvalue weighted by Gasteiger charge is 2.47. The molecule has 3 fully saturated rings. The van der Waals surface area contributed by atoms with Crippen LogP contribution in [0.2, 0.25) is 0 Å². The topological polar surface area (TPSA) is 64.7 Å². The Bertz CT molecular complexity index is 431. The molecular formula is C15H26N4O2. The summed E-state index contributed by atoms with van der Waals surface area (Å²) in [5.41, 5.74) is -0.490. The van der Waals surface area contributed by atoms with Crippen molar-refractivity contribution in [3.8, 4) is 0 Å². The predicted octanol–water partition coefficient (Wildman–Crippen LogP) is -0.593. The number of likely N-dealkylation sites (tertiary alicyclic amines) is 1. The van der Waals surface area contributed by atoms with Crippen LogP contribution < -0.4 is 10.6 Å². The van der Waals surface area contributed by atoms with Crippen molar-refractivity contribution in [1.29, 1.82) is 0 Å². The third-order valence-electron chi connectivity index (χ3n) is 5.29. The van der Waals surface area contributed by atoms with Gasteiger partial charge in [0.05, 0.1) is 17.5 Å². The molecule has 2 amide bonds. The molecule has 2 unspecified atom stereocenters. The molecule has 0 radical (unpaired) electrons. The average molecular weight is 294 g/mol. The number of hydrogen-bond acceptors (Lipinski definition) is 4. The molecule has 3 aliphatic rings. The van der Waals surface area contributed by atoms with Crippen molar-refractivity contribution in [1.82, 2.24) is 20.4 Å². The maximum Gasteiger partial charge on any atom is 0.242 e. The van der Waals surface area contributed by atoms with E-state index in [4.69, 9.17) is 0 Å². The number of carbonyl (C=O) groups excluding carboxylic acids is 2. The highest BCUT2D eigenvalue weighted by molar-refractivity contribution is 5.88. The molecule has 6 nitrogen and oxygen atoms in total. The maximum atomic E-state index is 13.1. The van der Waals surface area contributed by atoms with Gasteiger partial charge in [-0.15, -0.1) is 0 Å². The third kappa shape index (κ3) is 2.55. The summed E-state index contributed by atoms with van der Waals surface area (Å²) < 4.78 is 0. The van der Waals surface area contributed by atoms with Crippen molar-refractivity contribution in [2.24, 2.45) is 5.92 Å². The van der Waals surface area contributed by atoms with Crippen molar-refractivity contribution >= 4 is 11.8 Å². The van der Waals surface area contributed by atoms with E-state index in [0.717, 1.165) is 45.6 Å². The Hall–Kier alpha value is -1.14. The molecule has 0 bridgehead atoms. The second kappa shape index (κ2) is 5.57. The van der Waals surface area contributed by atoms with Crippen LogP contribution in [-0.2, 0) is 9.59 Å². The first-order chi connectivity index (χ1) is 10.0. The van der Waals surface area contributed by atoms with Crippen molar-refractivity contribution in [3.63, 3.8) is 0 Å². The molecule has 3 aliphatic heterocycles. The summed E-state index contributed by atoms with van der Waals surface area (Å²) >= 11 is 0. The second-order valence-corrected chi connectivity index (χ2v) is 6.86.